The van der Waals surface area contributed by atoms with E-state index in [-0.39, 0.29) is 39.5 Å². The van der Waals surface area contributed by atoms with Gasteiger partial charge in [-0.1, -0.05) is 42.3 Å². The number of ether oxygens (including phenoxy) is 9. The molecule has 0 aromatic heterocycles. The Kier molecular flexibility index (Phi) is 19.5. The van der Waals surface area contributed by atoms with Crippen LogP contribution in [-0.4, -0.2) is 131 Å². The summed E-state index contributed by atoms with van der Waals surface area (Å²) in [6.07, 6.45) is -2.35. The zero-order valence-corrected chi connectivity index (χ0v) is 33.9. The Balaban J connectivity index is 1.93. The summed E-state index contributed by atoms with van der Waals surface area (Å²) in [4.78, 5) is 88.2. The molecule has 1 aliphatic heterocycles. The molecule has 1 aliphatic rings. The van der Waals surface area contributed by atoms with E-state index in [4.69, 9.17) is 49.1 Å². The van der Waals surface area contributed by atoms with Gasteiger partial charge in [-0.25, -0.2) is 9.18 Å². The zero-order valence-electron chi connectivity index (χ0n) is 33.9. The molecule has 326 valence electrons. The molecular weight excluding hydrogens is 795 g/mol. The van der Waals surface area contributed by atoms with E-state index in [1.54, 1.807) is 48.5 Å². The highest BCUT2D eigenvalue weighted by Gasteiger charge is 2.59. The molecule has 6 atom stereocenters. The molecule has 1 heterocycles. The lowest BCUT2D eigenvalue weighted by atomic mass is 9.87. The molecule has 0 bridgehead atoms. The lowest BCUT2D eigenvalue weighted by molar-refractivity contribution is -0.315. The van der Waals surface area contributed by atoms with Gasteiger partial charge in [0.05, 0.1) is 59.0 Å². The number of rotatable bonds is 22. The second-order valence-corrected chi connectivity index (χ2v) is 13.1. The molecule has 1 saturated heterocycles. The van der Waals surface area contributed by atoms with Gasteiger partial charge in [-0.2, -0.15) is 0 Å². The number of carbonyl (C=O) groups is 7. The average Bonchev–Trinajstić information content (AvgIpc) is 3.20. The van der Waals surface area contributed by atoms with Crippen LogP contribution in [0.25, 0.3) is 11.1 Å². The Bertz CT molecular complexity index is 1830. The van der Waals surface area contributed by atoms with Gasteiger partial charge in [-0.3, -0.25) is 28.8 Å². The smallest absolute Gasteiger partial charge is 0.366 e. The quantitative estimate of drug-likeness (QED) is 0.0563. The Morgan fingerprint density at radius 3 is 2.02 bits per heavy atom. The van der Waals surface area contributed by atoms with E-state index in [2.05, 4.69) is 16.6 Å². The first kappa shape index (κ1) is 48.4. The van der Waals surface area contributed by atoms with Gasteiger partial charge in [0.25, 0.3) is 11.7 Å². The molecule has 2 N–H and O–H groups in total. The van der Waals surface area contributed by atoms with E-state index in [0.29, 0.717) is 11.3 Å². The van der Waals surface area contributed by atoms with Crippen molar-refractivity contribution in [1.82, 2.24) is 10.6 Å². The number of esters is 5. The van der Waals surface area contributed by atoms with E-state index < -0.39 is 97.5 Å². The first-order valence-electron chi connectivity index (χ1n) is 18.6. The minimum atomic E-state index is -2.45. The van der Waals surface area contributed by atoms with Crippen molar-refractivity contribution >= 4 is 41.7 Å². The van der Waals surface area contributed by atoms with Gasteiger partial charge in [0.15, 0.2) is 18.9 Å². The van der Waals surface area contributed by atoms with E-state index >= 15 is 0 Å². The van der Waals surface area contributed by atoms with Crippen molar-refractivity contribution in [3.05, 3.63) is 54.1 Å². The summed E-state index contributed by atoms with van der Waals surface area (Å²) in [7, 11) is 1.02. The standard InChI is InChI=1S/C41H49FN2O16/c1-7-16-53-17-18-54-19-20-55-41(40(51)52-6)22-33(57-26(3)46)37(44-36(50)23-42)39(60-41)38(59-28(5)48)34(58-27(4)47)24-43-35(49)21-29-8-10-30(11-9-29)31-12-14-32(15-13-31)56-25(2)45/h1,8-15,33-34,37-39H,16-24H2,2-6H3,(H,43,49)(H,44,50)/t33-,34+,37+,38+,39+,41+/m0/s1. The number of halogens is 1. The summed E-state index contributed by atoms with van der Waals surface area (Å²) in [5.41, 5.74) is 2.22. The van der Waals surface area contributed by atoms with Crippen molar-refractivity contribution in [2.75, 3.05) is 53.4 Å². The molecule has 1 fully saturated rings. The van der Waals surface area contributed by atoms with E-state index in [1.807, 2.05) is 0 Å². The molecule has 0 unspecified atom stereocenters. The van der Waals surface area contributed by atoms with Crippen molar-refractivity contribution in [3.63, 3.8) is 0 Å². The Morgan fingerprint density at radius 2 is 1.45 bits per heavy atom. The fourth-order valence-corrected chi connectivity index (χ4v) is 6.14. The van der Waals surface area contributed by atoms with Crippen molar-refractivity contribution in [1.29, 1.82) is 0 Å². The Labute approximate surface area is 345 Å². The fourth-order valence-electron chi connectivity index (χ4n) is 6.14. The maximum Gasteiger partial charge on any atom is 0.366 e. The Hall–Kier alpha value is -5.94. The predicted octanol–water partition coefficient (Wildman–Crippen LogP) is 1.53. The van der Waals surface area contributed by atoms with Crippen LogP contribution in [-0.2, 0) is 77.9 Å². The summed E-state index contributed by atoms with van der Waals surface area (Å²) >= 11 is 0. The molecule has 2 amide bonds. The van der Waals surface area contributed by atoms with Crippen LogP contribution in [0.15, 0.2) is 48.5 Å². The minimum absolute atomic E-state index is 0.0618. The number of amides is 2. The van der Waals surface area contributed by atoms with Crippen LogP contribution < -0.4 is 15.4 Å². The van der Waals surface area contributed by atoms with Gasteiger partial charge in [0, 0.05) is 27.7 Å². The average molecular weight is 845 g/mol. The first-order chi connectivity index (χ1) is 28.6. The Morgan fingerprint density at radius 1 is 0.833 bits per heavy atom. The molecule has 0 saturated carbocycles. The zero-order chi connectivity index (χ0) is 44.2. The van der Waals surface area contributed by atoms with Gasteiger partial charge in [-0.15, -0.1) is 6.42 Å². The highest BCUT2D eigenvalue weighted by molar-refractivity contribution is 5.80. The van der Waals surface area contributed by atoms with Gasteiger partial charge in [0.2, 0.25) is 5.91 Å². The topological polar surface area (TPSA) is 227 Å². The molecular formula is C41H49FN2O16. The maximum atomic E-state index is 13.7. The van der Waals surface area contributed by atoms with Crippen LogP contribution in [0.5, 0.6) is 5.75 Å². The van der Waals surface area contributed by atoms with Crippen LogP contribution >= 0.6 is 0 Å². The number of carbonyl (C=O) groups excluding carboxylic acids is 7. The molecule has 2 aromatic rings. The predicted molar refractivity (Wildman–Crippen MR) is 205 cm³/mol. The monoisotopic (exact) mass is 844 g/mol. The van der Waals surface area contributed by atoms with Crippen LogP contribution in [0, 0.1) is 12.3 Å². The lowest BCUT2D eigenvalue weighted by Crippen LogP contribution is -2.69. The molecule has 0 radical (unpaired) electrons. The number of benzene rings is 2. The fraction of sp³-hybridized carbons (Fsp3) is 0.488. The van der Waals surface area contributed by atoms with Crippen LogP contribution in [0.2, 0.25) is 0 Å². The maximum absolute atomic E-state index is 13.7. The number of terminal acetylenes is 1. The van der Waals surface area contributed by atoms with E-state index in [9.17, 15) is 38.0 Å². The highest BCUT2D eigenvalue weighted by Crippen LogP contribution is 2.37. The molecule has 3 rings (SSSR count). The van der Waals surface area contributed by atoms with Crippen LogP contribution in [0.4, 0.5) is 4.39 Å². The number of methoxy groups -OCH3 is 1. The van der Waals surface area contributed by atoms with Crippen LogP contribution in [0.1, 0.15) is 39.7 Å². The highest BCUT2D eigenvalue weighted by atomic mass is 19.1. The normalized spacial score (nSPS) is 19.3. The third kappa shape index (κ3) is 15.3. The molecule has 18 nitrogen and oxygen atoms in total. The number of nitrogens with one attached hydrogen (secondary N) is 2. The number of hydrogen-bond acceptors (Lipinski definition) is 16. The molecule has 19 heteroatoms. The molecule has 0 aliphatic carbocycles. The minimum Gasteiger partial charge on any atom is -0.465 e. The second-order valence-electron chi connectivity index (χ2n) is 13.1. The molecule has 60 heavy (non-hydrogen) atoms. The number of alkyl halides is 1. The number of hydrogen-bond donors (Lipinski definition) is 2. The van der Waals surface area contributed by atoms with Crippen molar-refractivity contribution in [3.8, 4) is 29.2 Å². The van der Waals surface area contributed by atoms with Crippen molar-refractivity contribution in [2.45, 2.75) is 76.8 Å². The SMILES string of the molecule is C#CCOCCOCCO[C@]1(C(=O)OC)C[C@H](OC(C)=O)[C@@H](NC(=O)CF)[C@H]([C@H](OC(C)=O)[C@@H](CNC(=O)Cc2ccc(-c3ccc(OC(C)=O)cc3)cc2)OC(C)=O)O1. The summed E-state index contributed by atoms with van der Waals surface area (Å²) < 4.78 is 63.2. The van der Waals surface area contributed by atoms with Crippen LogP contribution in [0.3, 0.4) is 0 Å². The third-order valence-electron chi connectivity index (χ3n) is 8.51. The van der Waals surface area contributed by atoms with E-state index in [1.165, 1.54) is 6.92 Å². The first-order valence-corrected chi connectivity index (χ1v) is 18.6. The second kappa shape index (κ2) is 24.2. The largest absolute Gasteiger partial charge is 0.465 e. The van der Waals surface area contributed by atoms with E-state index in [0.717, 1.165) is 39.0 Å². The molecule has 2 aromatic carbocycles. The summed E-state index contributed by atoms with van der Waals surface area (Å²) in [6.45, 7) is 2.15. The third-order valence-corrected chi connectivity index (χ3v) is 8.51. The van der Waals surface area contributed by atoms with Crippen molar-refractivity contribution in [2.24, 2.45) is 0 Å². The summed E-state index contributed by atoms with van der Waals surface area (Å²) in [6, 6.07) is 12.3. The summed E-state index contributed by atoms with van der Waals surface area (Å²) in [5.74, 6) is -5.89. The van der Waals surface area contributed by atoms with Gasteiger partial charge >= 0.3 is 29.8 Å². The lowest BCUT2D eigenvalue weighted by Gasteiger charge is -2.48. The van der Waals surface area contributed by atoms with Gasteiger partial charge < -0.3 is 53.3 Å². The van der Waals surface area contributed by atoms with Gasteiger partial charge in [-0.05, 0) is 28.8 Å². The summed E-state index contributed by atoms with van der Waals surface area (Å²) in [5, 5.41) is 4.97. The van der Waals surface area contributed by atoms with Gasteiger partial charge in [0.1, 0.15) is 24.6 Å². The van der Waals surface area contributed by atoms with Crippen molar-refractivity contribution < 1.29 is 80.6 Å². The molecule has 0 spiro atoms.